The summed E-state index contributed by atoms with van der Waals surface area (Å²) in [4.78, 5) is 25.8. The number of hydrogen-bond donors (Lipinski definition) is 1. The minimum atomic E-state index is -0.648. The monoisotopic (exact) mass is 489 g/mol. The molecule has 2 aliphatic rings. The molecule has 4 rings (SSSR count). The first kappa shape index (κ1) is 25.6. The van der Waals surface area contributed by atoms with E-state index in [9.17, 15) is 14.0 Å². The Morgan fingerprint density at radius 1 is 1.17 bits per heavy atom. The van der Waals surface area contributed by atoms with Gasteiger partial charge in [-0.05, 0) is 53.0 Å². The molecule has 0 bridgehead atoms. The van der Waals surface area contributed by atoms with Gasteiger partial charge in [0, 0.05) is 31.4 Å². The Labute approximate surface area is 211 Å². The lowest BCUT2D eigenvalue weighted by molar-refractivity contribution is -0.130. The summed E-state index contributed by atoms with van der Waals surface area (Å²) in [7, 11) is 2.98. The fourth-order valence-electron chi connectivity index (χ4n) is 5.29. The number of ether oxygens (including phenoxy) is 2. The number of rotatable bonds is 7. The molecule has 0 heterocycles. The number of nitrogens with one attached hydrogen (secondary N) is 1. The maximum atomic E-state index is 14.4. The molecule has 2 aromatic carbocycles. The first-order chi connectivity index (χ1) is 17.3. The Balaban J connectivity index is 1.71. The number of carbonyl (C=O) groups is 2. The number of carbonyl (C=O) groups excluding carboxylic acids is 2. The lowest BCUT2D eigenvalue weighted by atomic mass is 9.83. The molecule has 1 amide bonds. The summed E-state index contributed by atoms with van der Waals surface area (Å²) in [5.74, 6) is -1.26. The highest BCUT2D eigenvalue weighted by molar-refractivity contribution is 6.00. The molecule has 0 saturated carbocycles. The Bertz CT molecular complexity index is 1260. The van der Waals surface area contributed by atoms with E-state index in [1.807, 2.05) is 57.2 Å². The third-order valence-corrected chi connectivity index (χ3v) is 7.32. The van der Waals surface area contributed by atoms with Gasteiger partial charge in [0.15, 0.2) is 5.76 Å². The van der Waals surface area contributed by atoms with Gasteiger partial charge in [0.1, 0.15) is 11.9 Å². The van der Waals surface area contributed by atoms with Crippen molar-refractivity contribution < 1.29 is 23.5 Å². The molecule has 0 fully saturated rings. The van der Waals surface area contributed by atoms with Crippen LogP contribution in [0.2, 0.25) is 0 Å². The molecule has 36 heavy (non-hydrogen) atoms. The zero-order valence-electron chi connectivity index (χ0n) is 21.3. The third-order valence-electron chi connectivity index (χ3n) is 7.32. The van der Waals surface area contributed by atoms with Gasteiger partial charge in [-0.15, -0.1) is 0 Å². The van der Waals surface area contributed by atoms with E-state index < -0.39 is 12.0 Å². The molecule has 1 N–H and O–H groups in total. The van der Waals surface area contributed by atoms with E-state index in [1.54, 1.807) is 12.1 Å². The van der Waals surface area contributed by atoms with E-state index in [0.29, 0.717) is 6.54 Å². The molecule has 0 saturated heterocycles. The van der Waals surface area contributed by atoms with E-state index in [1.165, 1.54) is 26.4 Å². The largest absolute Gasteiger partial charge is 0.493 e. The van der Waals surface area contributed by atoms with Crippen LogP contribution in [0.25, 0.3) is 5.57 Å². The highest BCUT2D eigenvalue weighted by atomic mass is 19.1. The minimum absolute atomic E-state index is 0.0926. The molecule has 0 aromatic heterocycles. The van der Waals surface area contributed by atoms with Gasteiger partial charge < -0.3 is 14.8 Å². The number of methoxy groups -OCH3 is 2. The van der Waals surface area contributed by atoms with E-state index in [0.717, 1.165) is 33.4 Å². The van der Waals surface area contributed by atoms with Crippen LogP contribution in [0.4, 0.5) is 4.39 Å². The molecule has 0 aliphatic heterocycles. The molecule has 0 spiro atoms. The Morgan fingerprint density at radius 3 is 2.56 bits per heavy atom. The number of hydrogen-bond acceptors (Lipinski definition) is 4. The van der Waals surface area contributed by atoms with Crippen LogP contribution in [0.5, 0.6) is 0 Å². The fourth-order valence-corrected chi connectivity index (χ4v) is 5.29. The van der Waals surface area contributed by atoms with E-state index in [2.05, 4.69) is 5.32 Å². The van der Waals surface area contributed by atoms with Crippen LogP contribution in [0.3, 0.4) is 0 Å². The van der Waals surface area contributed by atoms with Crippen molar-refractivity contribution in [1.29, 1.82) is 0 Å². The summed E-state index contributed by atoms with van der Waals surface area (Å²) in [6, 6.07) is 14.5. The normalized spacial score (nSPS) is 23.4. The van der Waals surface area contributed by atoms with Crippen LogP contribution in [0.1, 0.15) is 43.4 Å². The SMILES string of the molecule is COC1=C/C(=C\C2=C(C)C(C(C)C(=O)NCc3ccccc3)c3cc(F)ccc32)C(C)C(OC)C1=O. The first-order valence-electron chi connectivity index (χ1n) is 12.1. The summed E-state index contributed by atoms with van der Waals surface area (Å²) in [6.45, 7) is 6.24. The molecule has 188 valence electrons. The molecule has 4 atom stereocenters. The highest BCUT2D eigenvalue weighted by Gasteiger charge is 2.38. The van der Waals surface area contributed by atoms with Crippen LogP contribution in [-0.4, -0.2) is 32.0 Å². The summed E-state index contributed by atoms with van der Waals surface area (Å²) in [5, 5.41) is 3.03. The highest BCUT2D eigenvalue weighted by Crippen LogP contribution is 2.47. The first-order valence-corrected chi connectivity index (χ1v) is 12.1. The minimum Gasteiger partial charge on any atom is -0.493 e. The molecule has 2 aromatic rings. The average Bonchev–Trinajstić information content (AvgIpc) is 3.14. The van der Waals surface area contributed by atoms with E-state index in [-0.39, 0.29) is 35.1 Å². The summed E-state index contributed by atoms with van der Waals surface area (Å²) < 4.78 is 25.2. The number of halogens is 1. The van der Waals surface area contributed by atoms with Crippen molar-refractivity contribution in [2.24, 2.45) is 11.8 Å². The quantitative estimate of drug-likeness (QED) is 0.570. The molecular weight excluding hydrogens is 457 g/mol. The van der Waals surface area contributed by atoms with Gasteiger partial charge in [0.25, 0.3) is 0 Å². The lowest BCUT2D eigenvalue weighted by Crippen LogP contribution is -2.36. The molecule has 0 radical (unpaired) electrons. The maximum absolute atomic E-state index is 14.4. The van der Waals surface area contributed by atoms with Gasteiger partial charge in [-0.2, -0.15) is 0 Å². The van der Waals surface area contributed by atoms with Crippen molar-refractivity contribution in [3.8, 4) is 0 Å². The van der Waals surface area contributed by atoms with Crippen molar-refractivity contribution in [2.45, 2.75) is 39.3 Å². The van der Waals surface area contributed by atoms with Crippen molar-refractivity contribution in [1.82, 2.24) is 5.32 Å². The van der Waals surface area contributed by atoms with Crippen molar-refractivity contribution >= 4 is 17.3 Å². The van der Waals surface area contributed by atoms with E-state index in [4.69, 9.17) is 9.47 Å². The lowest BCUT2D eigenvalue weighted by Gasteiger charge is -2.28. The van der Waals surface area contributed by atoms with Crippen molar-refractivity contribution in [2.75, 3.05) is 14.2 Å². The standard InChI is InChI=1S/C30H32FNO4/c1-17-21(14-26(35-4)28(33)29(17)36-5)13-24-18(2)27(25-15-22(31)11-12-23(24)25)19(3)30(34)32-16-20-9-7-6-8-10-20/h6-15,17,19,27,29H,16H2,1-5H3,(H,32,34)/b21-13+. The Hall–Kier alpha value is -3.51. The topological polar surface area (TPSA) is 64.6 Å². The fraction of sp³-hybridized carbons (Fsp3) is 0.333. The zero-order chi connectivity index (χ0) is 26.0. The number of benzene rings is 2. The predicted molar refractivity (Wildman–Crippen MR) is 137 cm³/mol. The van der Waals surface area contributed by atoms with Crippen LogP contribution in [0, 0.1) is 17.7 Å². The van der Waals surface area contributed by atoms with Gasteiger partial charge in [-0.3, -0.25) is 9.59 Å². The van der Waals surface area contributed by atoms with Crippen LogP contribution < -0.4 is 5.32 Å². The van der Waals surface area contributed by atoms with Crippen LogP contribution in [-0.2, 0) is 25.6 Å². The number of fused-ring (bicyclic) bond motifs is 1. The van der Waals surface area contributed by atoms with Gasteiger partial charge in [-0.25, -0.2) is 4.39 Å². The summed E-state index contributed by atoms with van der Waals surface area (Å²) in [6.07, 6.45) is 3.11. The third kappa shape index (κ3) is 4.78. The number of allylic oxidation sites excluding steroid dienone is 4. The second kappa shape index (κ2) is 10.6. The van der Waals surface area contributed by atoms with E-state index >= 15 is 0 Å². The number of amides is 1. The van der Waals surface area contributed by atoms with Crippen molar-refractivity contribution in [3.63, 3.8) is 0 Å². The van der Waals surface area contributed by atoms with Gasteiger partial charge in [-0.1, -0.05) is 61.9 Å². The Kier molecular flexibility index (Phi) is 7.55. The second-order valence-corrected chi connectivity index (χ2v) is 9.46. The zero-order valence-corrected chi connectivity index (χ0v) is 21.3. The smallest absolute Gasteiger partial charge is 0.226 e. The van der Waals surface area contributed by atoms with Crippen molar-refractivity contribution in [3.05, 3.63) is 100 Å². The predicted octanol–water partition coefficient (Wildman–Crippen LogP) is 5.34. The van der Waals surface area contributed by atoms with Crippen LogP contribution >= 0.6 is 0 Å². The molecule has 2 aliphatic carbocycles. The molecule has 6 heteroatoms. The van der Waals surface area contributed by atoms with Gasteiger partial charge >= 0.3 is 0 Å². The Morgan fingerprint density at radius 2 is 1.89 bits per heavy atom. The molecule has 5 nitrogen and oxygen atoms in total. The summed E-state index contributed by atoms with van der Waals surface area (Å²) in [5.41, 5.74) is 5.49. The average molecular weight is 490 g/mol. The number of ketones is 1. The number of Topliss-reactive ketones (excluding diaryl/α,β-unsaturated/α-hetero) is 1. The van der Waals surface area contributed by atoms with Crippen LogP contribution in [0.15, 0.2) is 77.6 Å². The second-order valence-electron chi connectivity index (χ2n) is 9.46. The molecule has 4 unspecified atom stereocenters. The summed E-state index contributed by atoms with van der Waals surface area (Å²) >= 11 is 0. The molecular formula is C30H32FNO4. The maximum Gasteiger partial charge on any atom is 0.226 e. The van der Waals surface area contributed by atoms with Gasteiger partial charge in [0.2, 0.25) is 11.7 Å². The van der Waals surface area contributed by atoms with Gasteiger partial charge in [0.05, 0.1) is 7.11 Å².